The van der Waals surface area contributed by atoms with Gasteiger partial charge in [-0.15, -0.1) is 0 Å². The fraction of sp³-hybridized carbons (Fsp3) is 0.273. The summed E-state index contributed by atoms with van der Waals surface area (Å²) in [6.07, 6.45) is 1.46. The van der Waals surface area contributed by atoms with Crippen LogP contribution < -0.4 is 0 Å². The Kier molecular flexibility index (Phi) is 6.58. The monoisotopic (exact) mass is 460 g/mol. The molecule has 31 heavy (non-hydrogen) atoms. The molecular formula is C22H21ClN2O5S. The first kappa shape index (κ1) is 21.4. The van der Waals surface area contributed by atoms with Crippen LogP contribution in [0.15, 0.2) is 63.6 Å². The summed E-state index contributed by atoms with van der Waals surface area (Å²) in [7, 11) is -1.22. The Morgan fingerprint density at radius 3 is 2.19 bits per heavy atom. The quantitative estimate of drug-likeness (QED) is 0.561. The fourth-order valence-corrected chi connectivity index (χ4v) is 4.85. The lowest BCUT2D eigenvalue weighted by Gasteiger charge is -2.33. The summed E-state index contributed by atoms with van der Waals surface area (Å²) in [5, 5.41) is 0.579. The Bertz CT molecular complexity index is 1090. The zero-order valence-electron chi connectivity index (χ0n) is 16.7. The van der Waals surface area contributed by atoms with Crippen molar-refractivity contribution in [2.24, 2.45) is 0 Å². The minimum absolute atomic E-state index is 0.182. The van der Waals surface area contributed by atoms with Gasteiger partial charge in [0.1, 0.15) is 5.76 Å². The second-order valence-electron chi connectivity index (χ2n) is 7.15. The Labute approximate surface area is 187 Å². The minimum atomic E-state index is -1.22. The molecule has 4 rings (SSSR count). The number of benzene rings is 1. The lowest BCUT2D eigenvalue weighted by molar-refractivity contribution is 0.0501. The highest BCUT2D eigenvalue weighted by molar-refractivity contribution is 7.83. The van der Waals surface area contributed by atoms with E-state index in [0.29, 0.717) is 48.5 Å². The predicted molar refractivity (Wildman–Crippen MR) is 116 cm³/mol. The van der Waals surface area contributed by atoms with Gasteiger partial charge in [-0.2, -0.15) is 0 Å². The van der Waals surface area contributed by atoms with Crippen LogP contribution in [0.3, 0.4) is 0 Å². The maximum atomic E-state index is 12.8. The van der Waals surface area contributed by atoms with E-state index in [-0.39, 0.29) is 23.3 Å². The van der Waals surface area contributed by atoms with Gasteiger partial charge in [0.2, 0.25) is 0 Å². The van der Waals surface area contributed by atoms with Crippen molar-refractivity contribution in [3.8, 4) is 0 Å². The summed E-state index contributed by atoms with van der Waals surface area (Å²) in [6.45, 7) is 1.64. The molecule has 0 radical (unpaired) electrons. The zero-order chi connectivity index (χ0) is 21.8. The lowest BCUT2D eigenvalue weighted by atomic mass is 10.2. The van der Waals surface area contributed by atoms with E-state index in [2.05, 4.69) is 0 Å². The smallest absolute Gasteiger partial charge is 0.289 e. The van der Waals surface area contributed by atoms with Crippen molar-refractivity contribution in [1.82, 2.24) is 9.80 Å². The van der Waals surface area contributed by atoms with Gasteiger partial charge in [-0.3, -0.25) is 13.8 Å². The Morgan fingerprint density at radius 1 is 0.871 bits per heavy atom. The SMILES string of the molecule is O=C(c1ccco1)N1CCN(C(=O)c2ccc(CS(=O)Cc3ccccc3Cl)o2)CC1. The Morgan fingerprint density at radius 2 is 1.55 bits per heavy atom. The maximum absolute atomic E-state index is 12.8. The first-order valence-electron chi connectivity index (χ1n) is 9.80. The molecule has 1 atom stereocenters. The molecule has 162 valence electrons. The van der Waals surface area contributed by atoms with Gasteiger partial charge < -0.3 is 18.6 Å². The Hall–Kier alpha value is -2.84. The third kappa shape index (κ3) is 5.08. The Balaban J connectivity index is 1.31. The average Bonchev–Trinajstić information content (AvgIpc) is 3.47. The van der Waals surface area contributed by atoms with Crippen molar-refractivity contribution in [1.29, 1.82) is 0 Å². The molecule has 0 saturated carbocycles. The second kappa shape index (κ2) is 9.53. The van der Waals surface area contributed by atoms with Crippen LogP contribution >= 0.6 is 11.6 Å². The van der Waals surface area contributed by atoms with Crippen molar-refractivity contribution in [2.45, 2.75) is 11.5 Å². The molecule has 1 fully saturated rings. The minimum Gasteiger partial charge on any atom is -0.459 e. The number of piperazine rings is 1. The van der Waals surface area contributed by atoms with E-state index in [4.69, 9.17) is 20.4 Å². The number of rotatable bonds is 6. The molecule has 2 aromatic heterocycles. The van der Waals surface area contributed by atoms with Gasteiger partial charge in [0.05, 0.1) is 17.8 Å². The third-order valence-electron chi connectivity index (χ3n) is 5.04. The molecule has 2 amide bonds. The average molecular weight is 461 g/mol. The van der Waals surface area contributed by atoms with Gasteiger partial charge >= 0.3 is 0 Å². The number of nitrogens with zero attached hydrogens (tertiary/aromatic N) is 2. The number of amides is 2. The van der Waals surface area contributed by atoms with E-state index in [9.17, 15) is 13.8 Å². The third-order valence-corrected chi connectivity index (χ3v) is 6.64. The van der Waals surface area contributed by atoms with Crippen molar-refractivity contribution in [2.75, 3.05) is 26.2 Å². The topological polar surface area (TPSA) is 84.0 Å². The van der Waals surface area contributed by atoms with E-state index in [1.807, 2.05) is 18.2 Å². The molecule has 0 aliphatic carbocycles. The summed E-state index contributed by atoms with van der Waals surface area (Å²) in [5.41, 5.74) is 0.812. The highest BCUT2D eigenvalue weighted by Crippen LogP contribution is 2.20. The maximum Gasteiger partial charge on any atom is 0.289 e. The zero-order valence-corrected chi connectivity index (χ0v) is 18.2. The second-order valence-corrected chi connectivity index (χ2v) is 9.01. The van der Waals surface area contributed by atoms with Crippen LogP contribution in [0.4, 0.5) is 0 Å². The molecule has 3 aromatic rings. The summed E-state index contributed by atoms with van der Waals surface area (Å²) >= 11 is 6.12. The number of halogens is 1. The largest absolute Gasteiger partial charge is 0.459 e. The van der Waals surface area contributed by atoms with E-state index >= 15 is 0 Å². The molecule has 1 aromatic carbocycles. The first-order valence-corrected chi connectivity index (χ1v) is 11.7. The van der Waals surface area contributed by atoms with Crippen molar-refractivity contribution in [3.63, 3.8) is 0 Å². The van der Waals surface area contributed by atoms with E-state index in [0.717, 1.165) is 5.56 Å². The molecular weight excluding hydrogens is 440 g/mol. The van der Waals surface area contributed by atoms with Gasteiger partial charge in [0.25, 0.3) is 11.8 Å². The van der Waals surface area contributed by atoms with Crippen LogP contribution in [0.25, 0.3) is 0 Å². The molecule has 3 heterocycles. The molecule has 0 bridgehead atoms. The van der Waals surface area contributed by atoms with Gasteiger partial charge in [-0.25, -0.2) is 0 Å². The first-order chi connectivity index (χ1) is 15.0. The number of carbonyl (C=O) groups is 2. The fourth-order valence-electron chi connectivity index (χ4n) is 3.39. The summed E-state index contributed by atoms with van der Waals surface area (Å²) in [5.74, 6) is 1.07. The van der Waals surface area contributed by atoms with Crippen LogP contribution in [-0.4, -0.2) is 52.0 Å². The van der Waals surface area contributed by atoms with Gasteiger partial charge in [0.15, 0.2) is 11.5 Å². The molecule has 7 nitrogen and oxygen atoms in total. The number of carbonyl (C=O) groups excluding carboxylic acids is 2. The van der Waals surface area contributed by atoms with Crippen molar-refractivity contribution >= 4 is 34.2 Å². The predicted octanol–water partition coefficient (Wildman–Crippen LogP) is 3.57. The van der Waals surface area contributed by atoms with Crippen LogP contribution in [-0.2, 0) is 22.3 Å². The molecule has 9 heteroatoms. The summed E-state index contributed by atoms with van der Waals surface area (Å²) in [4.78, 5) is 28.4. The van der Waals surface area contributed by atoms with Gasteiger partial charge in [-0.1, -0.05) is 29.8 Å². The highest BCUT2D eigenvalue weighted by atomic mass is 35.5. The lowest BCUT2D eigenvalue weighted by Crippen LogP contribution is -2.50. The van der Waals surface area contributed by atoms with Crippen LogP contribution in [0.2, 0.25) is 5.02 Å². The van der Waals surface area contributed by atoms with Gasteiger partial charge in [0, 0.05) is 42.0 Å². The summed E-state index contributed by atoms with van der Waals surface area (Å²) in [6, 6.07) is 13.9. The van der Waals surface area contributed by atoms with Crippen LogP contribution in [0, 0.1) is 0 Å². The molecule has 1 aliphatic rings. The van der Waals surface area contributed by atoms with E-state index in [1.165, 1.54) is 6.26 Å². The van der Waals surface area contributed by atoms with Gasteiger partial charge in [-0.05, 0) is 35.9 Å². The standard InChI is InChI=1S/C22H21ClN2O5S/c23-18-5-2-1-4-16(18)14-31(28)15-17-7-8-20(30-17)22(27)25-11-9-24(10-12-25)21(26)19-6-3-13-29-19/h1-8,13H,9-12,14-15H2. The molecule has 1 saturated heterocycles. The van der Waals surface area contributed by atoms with Crippen LogP contribution in [0.1, 0.15) is 32.4 Å². The van der Waals surface area contributed by atoms with E-state index in [1.54, 1.807) is 40.1 Å². The van der Waals surface area contributed by atoms with E-state index < -0.39 is 10.8 Å². The molecule has 0 N–H and O–H groups in total. The normalized spacial score (nSPS) is 15.1. The number of furan rings is 2. The number of hydrogen-bond donors (Lipinski definition) is 0. The van der Waals surface area contributed by atoms with Crippen LogP contribution in [0.5, 0.6) is 0 Å². The molecule has 0 spiro atoms. The summed E-state index contributed by atoms with van der Waals surface area (Å²) < 4.78 is 23.3. The highest BCUT2D eigenvalue weighted by Gasteiger charge is 2.28. The molecule has 1 aliphatic heterocycles. The van der Waals surface area contributed by atoms with Crippen molar-refractivity contribution in [3.05, 3.63) is 82.7 Å². The van der Waals surface area contributed by atoms with Crippen molar-refractivity contribution < 1.29 is 22.6 Å². The number of hydrogen-bond acceptors (Lipinski definition) is 5. The molecule has 1 unspecified atom stereocenters.